The zero-order chi connectivity index (χ0) is 13.4. The van der Waals surface area contributed by atoms with Crippen LogP contribution in [0.5, 0.6) is 5.75 Å². The predicted molar refractivity (Wildman–Crippen MR) is 74.7 cm³/mol. The molecule has 0 heterocycles. The van der Waals surface area contributed by atoms with E-state index >= 15 is 0 Å². The van der Waals surface area contributed by atoms with E-state index in [9.17, 15) is 9.00 Å². The Morgan fingerprint density at radius 3 is 2.67 bits per heavy atom. The average Bonchev–Trinajstić information content (AvgIpc) is 2.36. The molecule has 0 saturated carbocycles. The summed E-state index contributed by atoms with van der Waals surface area (Å²) in [5, 5.41) is 0. The van der Waals surface area contributed by atoms with Crippen molar-refractivity contribution in [3.8, 4) is 5.75 Å². The van der Waals surface area contributed by atoms with Crippen LogP contribution in [-0.4, -0.2) is 28.1 Å². The van der Waals surface area contributed by atoms with Gasteiger partial charge in [0.15, 0.2) is 5.78 Å². The van der Waals surface area contributed by atoms with Gasteiger partial charge >= 0.3 is 0 Å². The van der Waals surface area contributed by atoms with Crippen molar-refractivity contribution in [2.24, 2.45) is 0 Å². The van der Waals surface area contributed by atoms with Crippen molar-refractivity contribution in [2.45, 2.75) is 26.7 Å². The van der Waals surface area contributed by atoms with Crippen LogP contribution < -0.4 is 4.74 Å². The van der Waals surface area contributed by atoms with Crippen molar-refractivity contribution >= 4 is 16.6 Å². The second-order valence-corrected chi connectivity index (χ2v) is 5.80. The molecule has 0 spiro atoms. The summed E-state index contributed by atoms with van der Waals surface area (Å²) in [5.41, 5.74) is 0.580. The largest absolute Gasteiger partial charge is 0.492 e. The van der Waals surface area contributed by atoms with E-state index in [1.165, 1.54) is 6.92 Å². The Hall–Kier alpha value is -1.16. The molecule has 0 amide bonds. The molecule has 1 atom stereocenters. The molecule has 0 radical (unpaired) electrons. The lowest BCUT2D eigenvalue weighted by Gasteiger charge is -2.09. The van der Waals surface area contributed by atoms with Crippen LogP contribution in [0.3, 0.4) is 0 Å². The van der Waals surface area contributed by atoms with E-state index in [0.29, 0.717) is 23.7 Å². The SMILES string of the molecule is CCCCS(=O)CCOc1ccccc1C(C)=O. The highest BCUT2D eigenvalue weighted by Crippen LogP contribution is 2.18. The van der Waals surface area contributed by atoms with Gasteiger partial charge < -0.3 is 4.74 Å². The molecular formula is C14H20O3S. The third-order valence-electron chi connectivity index (χ3n) is 2.56. The first-order valence-electron chi connectivity index (χ1n) is 6.23. The number of unbranched alkanes of at least 4 members (excludes halogenated alkanes) is 1. The summed E-state index contributed by atoms with van der Waals surface area (Å²) >= 11 is 0. The molecule has 0 saturated heterocycles. The Kier molecular flexibility index (Phi) is 6.65. The van der Waals surface area contributed by atoms with E-state index in [-0.39, 0.29) is 5.78 Å². The fourth-order valence-corrected chi connectivity index (χ4v) is 2.62. The monoisotopic (exact) mass is 268 g/mol. The van der Waals surface area contributed by atoms with Crippen molar-refractivity contribution in [2.75, 3.05) is 18.1 Å². The number of ketones is 1. The number of ether oxygens (including phenoxy) is 1. The fraction of sp³-hybridized carbons (Fsp3) is 0.500. The van der Waals surface area contributed by atoms with Crippen LogP contribution in [0.4, 0.5) is 0 Å². The van der Waals surface area contributed by atoms with Gasteiger partial charge in [-0.05, 0) is 25.5 Å². The van der Waals surface area contributed by atoms with Crippen LogP contribution in [0.1, 0.15) is 37.0 Å². The highest BCUT2D eigenvalue weighted by atomic mass is 32.2. The van der Waals surface area contributed by atoms with E-state index in [1.807, 2.05) is 12.1 Å². The molecule has 1 aromatic rings. The van der Waals surface area contributed by atoms with E-state index < -0.39 is 10.8 Å². The first-order chi connectivity index (χ1) is 8.65. The van der Waals surface area contributed by atoms with Crippen molar-refractivity contribution in [1.29, 1.82) is 0 Å². The van der Waals surface area contributed by atoms with E-state index in [2.05, 4.69) is 6.92 Å². The summed E-state index contributed by atoms with van der Waals surface area (Å²) in [5.74, 6) is 1.82. The van der Waals surface area contributed by atoms with Crippen LogP contribution in [0.2, 0.25) is 0 Å². The molecule has 0 bridgehead atoms. The molecule has 18 heavy (non-hydrogen) atoms. The van der Waals surface area contributed by atoms with Gasteiger partial charge in [0, 0.05) is 16.6 Å². The normalized spacial score (nSPS) is 12.1. The Labute approximate surface area is 111 Å². The van der Waals surface area contributed by atoms with Gasteiger partial charge in [0.05, 0.1) is 17.9 Å². The molecule has 0 aliphatic carbocycles. The van der Waals surface area contributed by atoms with Gasteiger partial charge in [0.1, 0.15) is 5.75 Å². The zero-order valence-electron chi connectivity index (χ0n) is 11.0. The Bertz CT molecular complexity index is 415. The summed E-state index contributed by atoms with van der Waals surface area (Å²) in [6.45, 7) is 3.99. The van der Waals surface area contributed by atoms with E-state index in [1.54, 1.807) is 12.1 Å². The number of carbonyl (C=O) groups is 1. The van der Waals surface area contributed by atoms with Gasteiger partial charge in [-0.25, -0.2) is 0 Å². The Balaban J connectivity index is 2.44. The van der Waals surface area contributed by atoms with Crippen molar-refractivity contribution < 1.29 is 13.7 Å². The van der Waals surface area contributed by atoms with Crippen LogP contribution >= 0.6 is 0 Å². The van der Waals surface area contributed by atoms with Gasteiger partial charge in [-0.1, -0.05) is 25.5 Å². The molecule has 4 heteroatoms. The number of Topliss-reactive ketones (excluding diaryl/α,β-unsaturated/α-hetero) is 1. The molecule has 0 aliphatic heterocycles. The van der Waals surface area contributed by atoms with Crippen LogP contribution in [0, 0.1) is 0 Å². The second-order valence-electron chi connectivity index (χ2n) is 4.10. The lowest BCUT2D eigenvalue weighted by atomic mass is 10.1. The third-order valence-corrected chi connectivity index (χ3v) is 3.93. The molecule has 1 unspecified atom stereocenters. The van der Waals surface area contributed by atoms with Crippen LogP contribution in [-0.2, 0) is 10.8 Å². The van der Waals surface area contributed by atoms with Crippen LogP contribution in [0.15, 0.2) is 24.3 Å². The van der Waals surface area contributed by atoms with E-state index in [4.69, 9.17) is 4.74 Å². The van der Waals surface area contributed by atoms with Gasteiger partial charge in [-0.3, -0.25) is 9.00 Å². The number of rotatable bonds is 8. The zero-order valence-corrected chi connectivity index (χ0v) is 11.8. The topological polar surface area (TPSA) is 43.4 Å². The first-order valence-corrected chi connectivity index (χ1v) is 7.71. The lowest BCUT2D eigenvalue weighted by molar-refractivity contribution is 0.101. The average molecular weight is 268 g/mol. The smallest absolute Gasteiger partial charge is 0.163 e. The van der Waals surface area contributed by atoms with Crippen LogP contribution in [0.25, 0.3) is 0 Å². The Morgan fingerprint density at radius 1 is 1.28 bits per heavy atom. The maximum Gasteiger partial charge on any atom is 0.163 e. The summed E-state index contributed by atoms with van der Waals surface area (Å²) in [7, 11) is -0.821. The van der Waals surface area contributed by atoms with Crippen molar-refractivity contribution in [3.63, 3.8) is 0 Å². The molecule has 3 nitrogen and oxygen atoms in total. The number of hydrogen-bond donors (Lipinski definition) is 0. The molecular weight excluding hydrogens is 248 g/mol. The molecule has 0 N–H and O–H groups in total. The molecule has 1 rings (SSSR count). The Morgan fingerprint density at radius 2 is 2.00 bits per heavy atom. The molecule has 0 fully saturated rings. The lowest BCUT2D eigenvalue weighted by Crippen LogP contribution is -2.12. The third kappa shape index (κ3) is 5.00. The summed E-state index contributed by atoms with van der Waals surface area (Å²) in [6, 6.07) is 7.15. The number of para-hydroxylation sites is 1. The van der Waals surface area contributed by atoms with E-state index in [0.717, 1.165) is 18.6 Å². The molecule has 100 valence electrons. The van der Waals surface area contributed by atoms with Gasteiger partial charge in [0.25, 0.3) is 0 Å². The highest BCUT2D eigenvalue weighted by Gasteiger charge is 2.07. The van der Waals surface area contributed by atoms with Crippen molar-refractivity contribution in [1.82, 2.24) is 0 Å². The molecule has 0 aromatic heterocycles. The summed E-state index contributed by atoms with van der Waals surface area (Å²) in [6.07, 6.45) is 2.04. The fourth-order valence-electron chi connectivity index (χ4n) is 1.54. The molecule has 0 aliphatic rings. The maximum absolute atomic E-state index is 11.6. The summed E-state index contributed by atoms with van der Waals surface area (Å²) < 4.78 is 17.1. The minimum absolute atomic E-state index is 0.0160. The minimum Gasteiger partial charge on any atom is -0.492 e. The maximum atomic E-state index is 11.6. The van der Waals surface area contributed by atoms with Gasteiger partial charge in [-0.15, -0.1) is 0 Å². The summed E-state index contributed by atoms with van der Waals surface area (Å²) in [4.78, 5) is 11.4. The van der Waals surface area contributed by atoms with Crippen molar-refractivity contribution in [3.05, 3.63) is 29.8 Å². The first kappa shape index (κ1) is 14.9. The second kappa shape index (κ2) is 8.03. The standard InChI is InChI=1S/C14H20O3S/c1-3-4-10-18(16)11-9-17-14-8-6-5-7-13(14)12(2)15/h5-8H,3-4,9-11H2,1-2H3. The minimum atomic E-state index is -0.821. The quantitative estimate of drug-likeness (QED) is 0.681. The molecule has 1 aromatic carbocycles. The number of benzene rings is 1. The predicted octanol–water partition coefficient (Wildman–Crippen LogP) is 2.82. The number of carbonyl (C=O) groups excluding carboxylic acids is 1. The van der Waals surface area contributed by atoms with Gasteiger partial charge in [0.2, 0.25) is 0 Å². The highest BCUT2D eigenvalue weighted by molar-refractivity contribution is 7.84. The van der Waals surface area contributed by atoms with Gasteiger partial charge in [-0.2, -0.15) is 0 Å². The number of hydrogen-bond acceptors (Lipinski definition) is 3.